The molecule has 0 saturated carbocycles. The molecule has 0 atom stereocenters. The molecule has 45 heavy (non-hydrogen) atoms. The number of ether oxygens (including phenoxy) is 9. The van der Waals surface area contributed by atoms with Gasteiger partial charge in [-0.25, -0.2) is 0 Å². The molecule has 0 aromatic heterocycles. The van der Waals surface area contributed by atoms with Crippen LogP contribution in [0.4, 0.5) is 5.69 Å². The van der Waals surface area contributed by atoms with Gasteiger partial charge in [-0.2, -0.15) is 0 Å². The topological polar surface area (TPSA) is 181 Å². The molecule has 3 aromatic rings. The summed E-state index contributed by atoms with van der Waals surface area (Å²) in [4.78, 5) is 33.8. The van der Waals surface area contributed by atoms with Gasteiger partial charge in [-0.1, -0.05) is 0 Å². The third-order valence-corrected chi connectivity index (χ3v) is 5.43. The summed E-state index contributed by atoms with van der Waals surface area (Å²) >= 11 is 0. The summed E-state index contributed by atoms with van der Waals surface area (Å²) in [5.74, 6) is 0.789. The first-order valence-corrected chi connectivity index (χ1v) is 13.0. The van der Waals surface area contributed by atoms with Gasteiger partial charge in [-0.05, 0) is 26.0 Å². The van der Waals surface area contributed by atoms with Gasteiger partial charge in [0.05, 0.1) is 4.92 Å². The Bertz CT molecular complexity index is 1430. The van der Waals surface area contributed by atoms with E-state index < -0.39 is 4.92 Å². The zero-order valence-corrected chi connectivity index (χ0v) is 25.6. The summed E-state index contributed by atoms with van der Waals surface area (Å²) in [6.45, 7) is 2.61. The zero-order chi connectivity index (χ0) is 33.4. The molecule has 0 aliphatic heterocycles. The Morgan fingerprint density at radius 1 is 0.644 bits per heavy atom. The molecular weight excluding hydrogens is 598 g/mol. The van der Waals surface area contributed by atoms with Gasteiger partial charge < -0.3 is 47.7 Å². The van der Waals surface area contributed by atoms with Crippen molar-refractivity contribution in [2.24, 2.45) is 0 Å². The summed E-state index contributed by atoms with van der Waals surface area (Å²) in [5, 5.41) is 20.5. The largest absolute Gasteiger partial charge is 0.507 e. The maximum atomic E-state index is 12.2. The van der Waals surface area contributed by atoms with E-state index in [1.807, 2.05) is 0 Å². The second kappa shape index (κ2) is 18.6. The fraction of sp³-hybridized carbons (Fsp3) is 0.333. The van der Waals surface area contributed by atoms with E-state index in [4.69, 9.17) is 42.6 Å². The van der Waals surface area contributed by atoms with Crippen LogP contribution >= 0.6 is 0 Å². The Hall–Kier alpha value is -4.96. The molecule has 0 aliphatic rings. The number of carbonyl (C=O) groups excluding carboxylic acids is 2. The van der Waals surface area contributed by atoms with Crippen molar-refractivity contribution >= 4 is 17.3 Å². The zero-order valence-electron chi connectivity index (χ0n) is 25.6. The summed E-state index contributed by atoms with van der Waals surface area (Å²) < 4.78 is 46.3. The number of rotatable bonds is 17. The number of benzene rings is 3. The van der Waals surface area contributed by atoms with Crippen molar-refractivity contribution in [3.05, 3.63) is 69.8 Å². The van der Waals surface area contributed by atoms with Crippen LogP contribution in [0.3, 0.4) is 0 Å². The van der Waals surface area contributed by atoms with E-state index in [-0.39, 0.29) is 78.6 Å². The van der Waals surface area contributed by atoms with Gasteiger partial charge in [0.2, 0.25) is 0 Å². The summed E-state index contributed by atoms with van der Waals surface area (Å²) in [5.41, 5.74) is 0.211. The van der Waals surface area contributed by atoms with Crippen LogP contribution in [-0.4, -0.2) is 77.2 Å². The number of nitro groups is 1. The predicted octanol–water partition coefficient (Wildman–Crippen LogP) is 5.12. The number of carbonyl (C=O) groups is 2. The number of hydrogen-bond acceptors (Lipinski definition) is 14. The van der Waals surface area contributed by atoms with E-state index in [0.717, 1.165) is 0 Å². The Morgan fingerprint density at radius 3 is 1.51 bits per heavy atom. The highest BCUT2D eigenvalue weighted by Crippen LogP contribution is 2.38. The third-order valence-electron chi connectivity index (χ3n) is 5.43. The average Bonchev–Trinajstić information content (AvgIpc) is 3.00. The van der Waals surface area contributed by atoms with E-state index >= 15 is 0 Å². The van der Waals surface area contributed by atoms with Crippen LogP contribution in [0, 0.1) is 10.1 Å². The molecule has 0 amide bonds. The quantitative estimate of drug-likeness (QED) is 0.0895. The van der Waals surface area contributed by atoms with Crippen LogP contribution in [-0.2, 0) is 18.9 Å². The van der Waals surface area contributed by atoms with Crippen molar-refractivity contribution in [1.82, 2.24) is 0 Å². The van der Waals surface area contributed by atoms with Gasteiger partial charge in [0.25, 0.3) is 5.69 Å². The SMILES string of the molecule is COCOc1cc(O)c(C(C)=O)c(OCOC)c1.COCOc1cc(OCOC)c(C(C)=O)c(Oc2ccc([N+](=O)[O-])cc2)c1. The maximum Gasteiger partial charge on any atom is 0.269 e. The Morgan fingerprint density at radius 2 is 1.07 bits per heavy atom. The molecule has 0 unspecified atom stereocenters. The number of nitro benzene ring substituents is 1. The minimum atomic E-state index is -0.513. The number of phenols is 1. The van der Waals surface area contributed by atoms with Gasteiger partial charge in [0, 0.05) is 64.8 Å². The van der Waals surface area contributed by atoms with Crippen molar-refractivity contribution in [2.45, 2.75) is 13.8 Å². The molecular formula is C30H35NO14. The minimum Gasteiger partial charge on any atom is -0.507 e. The molecule has 0 radical (unpaired) electrons. The van der Waals surface area contributed by atoms with E-state index in [2.05, 4.69) is 0 Å². The van der Waals surface area contributed by atoms with Crippen LogP contribution in [0.5, 0.6) is 40.2 Å². The number of nitrogens with zero attached hydrogens (tertiary/aromatic N) is 1. The first-order valence-electron chi connectivity index (χ1n) is 13.0. The number of Topliss-reactive ketones (excluding diaryl/α,β-unsaturated/α-hetero) is 2. The smallest absolute Gasteiger partial charge is 0.269 e. The molecule has 0 fully saturated rings. The van der Waals surface area contributed by atoms with Gasteiger partial charge in [-0.15, -0.1) is 0 Å². The predicted molar refractivity (Wildman–Crippen MR) is 158 cm³/mol. The van der Waals surface area contributed by atoms with Crippen molar-refractivity contribution in [3.63, 3.8) is 0 Å². The number of hydrogen-bond donors (Lipinski definition) is 1. The molecule has 3 aromatic carbocycles. The Labute approximate surface area is 259 Å². The van der Waals surface area contributed by atoms with Crippen LogP contribution in [0.15, 0.2) is 48.5 Å². The standard InChI is InChI=1S/C18H19NO8.C12H16O6/c1-12(20)18-16(26-11-24-3)8-15(25-10-23-2)9-17(18)27-14-6-4-13(5-7-14)19(21)22;1-8(13)12-10(14)4-9(17-6-15-2)5-11(12)18-7-16-3/h4-9H,10-11H2,1-3H3;4-5,14H,6-7H2,1-3H3. The molecule has 0 heterocycles. The van der Waals surface area contributed by atoms with Crippen LogP contribution in [0.2, 0.25) is 0 Å². The van der Waals surface area contributed by atoms with E-state index in [1.165, 1.54) is 90.8 Å². The number of methoxy groups -OCH3 is 4. The van der Waals surface area contributed by atoms with E-state index in [9.17, 15) is 24.8 Å². The molecule has 15 heteroatoms. The number of aromatic hydroxyl groups is 1. The minimum absolute atomic E-state index is 0.0138. The average molecular weight is 634 g/mol. The summed E-state index contributed by atoms with van der Waals surface area (Å²) in [6, 6.07) is 11.3. The van der Waals surface area contributed by atoms with Crippen molar-refractivity contribution < 1.29 is 62.3 Å². The number of phenolic OH excluding ortho intramolecular Hbond substituents is 1. The Kier molecular flexibility index (Phi) is 15.0. The molecule has 0 spiro atoms. The van der Waals surface area contributed by atoms with Crippen LogP contribution in [0.25, 0.3) is 0 Å². The molecule has 1 N–H and O–H groups in total. The first-order chi connectivity index (χ1) is 21.6. The molecule has 0 bridgehead atoms. The van der Waals surface area contributed by atoms with Crippen LogP contribution in [0.1, 0.15) is 34.6 Å². The van der Waals surface area contributed by atoms with Crippen LogP contribution < -0.4 is 23.7 Å². The fourth-order valence-electron chi connectivity index (χ4n) is 3.58. The Balaban J connectivity index is 0.000000341. The second-order valence-electron chi connectivity index (χ2n) is 8.78. The highest BCUT2D eigenvalue weighted by Gasteiger charge is 2.20. The molecule has 15 nitrogen and oxygen atoms in total. The second-order valence-corrected chi connectivity index (χ2v) is 8.78. The fourth-order valence-corrected chi connectivity index (χ4v) is 3.58. The maximum absolute atomic E-state index is 12.2. The summed E-state index contributed by atoms with van der Waals surface area (Å²) in [6.07, 6.45) is 0. The number of ketones is 2. The molecule has 244 valence electrons. The lowest BCUT2D eigenvalue weighted by atomic mass is 10.1. The van der Waals surface area contributed by atoms with Gasteiger partial charge in [0.1, 0.15) is 51.4 Å². The highest BCUT2D eigenvalue weighted by molar-refractivity contribution is 6.00. The van der Waals surface area contributed by atoms with Gasteiger partial charge in [0.15, 0.2) is 38.7 Å². The highest BCUT2D eigenvalue weighted by atomic mass is 16.7. The lowest BCUT2D eigenvalue weighted by Gasteiger charge is -2.16. The van der Waals surface area contributed by atoms with Crippen molar-refractivity contribution in [1.29, 1.82) is 0 Å². The van der Waals surface area contributed by atoms with Crippen molar-refractivity contribution in [2.75, 3.05) is 55.6 Å². The summed E-state index contributed by atoms with van der Waals surface area (Å²) in [7, 11) is 5.86. The van der Waals surface area contributed by atoms with Gasteiger partial charge >= 0.3 is 0 Å². The van der Waals surface area contributed by atoms with E-state index in [0.29, 0.717) is 17.2 Å². The monoisotopic (exact) mass is 633 g/mol. The molecule has 0 aliphatic carbocycles. The van der Waals surface area contributed by atoms with E-state index in [1.54, 1.807) is 0 Å². The first kappa shape index (κ1) is 36.2. The normalized spacial score (nSPS) is 10.3. The lowest BCUT2D eigenvalue weighted by molar-refractivity contribution is -0.384. The molecule has 0 saturated heterocycles. The molecule has 3 rings (SSSR count). The van der Waals surface area contributed by atoms with Gasteiger partial charge in [-0.3, -0.25) is 19.7 Å². The number of non-ortho nitro benzene ring substituents is 1. The third kappa shape index (κ3) is 11.2. The van der Waals surface area contributed by atoms with Crippen molar-refractivity contribution in [3.8, 4) is 40.2 Å². The lowest BCUT2D eigenvalue weighted by Crippen LogP contribution is -2.07.